The van der Waals surface area contributed by atoms with Gasteiger partial charge in [0.05, 0.1) is 5.57 Å². The van der Waals surface area contributed by atoms with Crippen molar-refractivity contribution in [3.63, 3.8) is 0 Å². The maximum Gasteiger partial charge on any atom is 0.178 e. The van der Waals surface area contributed by atoms with Gasteiger partial charge >= 0.3 is 0 Å². The quantitative estimate of drug-likeness (QED) is 0.474. The summed E-state index contributed by atoms with van der Waals surface area (Å²) in [7, 11) is 0. The molecule has 0 radical (unpaired) electrons. The van der Waals surface area contributed by atoms with E-state index < -0.39 is 5.41 Å². The van der Waals surface area contributed by atoms with Crippen LogP contribution in [0.4, 0.5) is 0 Å². The Morgan fingerprint density at radius 1 is 1.14 bits per heavy atom. The number of hydrogen-bond acceptors (Lipinski definition) is 2. The monoisotopic (exact) mass is 193 g/mol. The Kier molecular flexibility index (Phi) is 3.65. The zero-order valence-electron chi connectivity index (χ0n) is 9.93. The van der Waals surface area contributed by atoms with Crippen LogP contribution in [0.2, 0.25) is 0 Å². The number of nitriles is 1. The second-order valence-electron chi connectivity index (χ2n) is 5.61. The Labute approximate surface area is 86.6 Å². The van der Waals surface area contributed by atoms with E-state index in [2.05, 4.69) is 0 Å². The van der Waals surface area contributed by atoms with Crippen molar-refractivity contribution >= 4 is 5.78 Å². The molecular formula is C12H19NO. The first-order valence-corrected chi connectivity index (χ1v) is 4.76. The van der Waals surface area contributed by atoms with Gasteiger partial charge in [-0.2, -0.15) is 5.26 Å². The van der Waals surface area contributed by atoms with Gasteiger partial charge in [-0.15, -0.1) is 0 Å². The van der Waals surface area contributed by atoms with Crippen molar-refractivity contribution in [2.45, 2.75) is 41.5 Å². The zero-order valence-corrected chi connectivity index (χ0v) is 9.93. The normalized spacial score (nSPS) is 13.6. The Morgan fingerprint density at radius 3 is 1.79 bits per heavy atom. The molecule has 0 aliphatic carbocycles. The summed E-state index contributed by atoms with van der Waals surface area (Å²) in [5.74, 6) is -0.0880. The van der Waals surface area contributed by atoms with Crippen LogP contribution in [-0.4, -0.2) is 5.78 Å². The highest BCUT2D eigenvalue weighted by molar-refractivity contribution is 6.02. The number of carbonyl (C=O) groups is 1. The molecule has 0 aromatic heterocycles. The highest BCUT2D eigenvalue weighted by atomic mass is 16.1. The third-order valence-corrected chi connectivity index (χ3v) is 1.62. The van der Waals surface area contributed by atoms with Crippen LogP contribution < -0.4 is 0 Å². The first kappa shape index (κ1) is 12.9. The molecule has 2 nitrogen and oxygen atoms in total. The Balaban J connectivity index is 5.07. The van der Waals surface area contributed by atoms with Crippen LogP contribution in [-0.2, 0) is 4.79 Å². The molecule has 0 N–H and O–H groups in total. The average Bonchev–Trinajstić information content (AvgIpc) is 1.95. The predicted molar refractivity (Wildman–Crippen MR) is 57.6 cm³/mol. The number of hydrogen-bond donors (Lipinski definition) is 0. The van der Waals surface area contributed by atoms with E-state index in [0.29, 0.717) is 0 Å². The Hall–Kier alpha value is -1.10. The minimum atomic E-state index is -0.479. The van der Waals surface area contributed by atoms with Gasteiger partial charge in [-0.1, -0.05) is 47.6 Å². The van der Waals surface area contributed by atoms with Crippen LogP contribution in [0.15, 0.2) is 11.6 Å². The molecule has 2 heteroatoms. The fourth-order valence-corrected chi connectivity index (χ4v) is 0.986. The van der Waals surface area contributed by atoms with Crippen molar-refractivity contribution in [2.75, 3.05) is 0 Å². The van der Waals surface area contributed by atoms with Gasteiger partial charge in [0.1, 0.15) is 6.07 Å². The van der Waals surface area contributed by atoms with Crippen LogP contribution >= 0.6 is 0 Å². The van der Waals surface area contributed by atoms with Crippen LogP contribution in [0.25, 0.3) is 0 Å². The van der Waals surface area contributed by atoms with E-state index in [0.717, 1.165) is 0 Å². The number of nitrogens with zero attached hydrogens (tertiary/aromatic N) is 1. The molecule has 0 aromatic rings. The minimum absolute atomic E-state index is 0.0880. The van der Waals surface area contributed by atoms with Gasteiger partial charge in [0.15, 0.2) is 5.78 Å². The summed E-state index contributed by atoms with van der Waals surface area (Å²) in [5, 5.41) is 8.88. The summed E-state index contributed by atoms with van der Waals surface area (Å²) < 4.78 is 0. The van der Waals surface area contributed by atoms with E-state index in [9.17, 15) is 4.79 Å². The third-order valence-electron chi connectivity index (χ3n) is 1.62. The van der Waals surface area contributed by atoms with E-state index in [-0.39, 0.29) is 16.8 Å². The number of Topliss-reactive ketones (excluding diaryl/α,β-unsaturated/α-hetero) is 1. The molecule has 0 bridgehead atoms. The van der Waals surface area contributed by atoms with Crippen molar-refractivity contribution in [3.8, 4) is 6.07 Å². The average molecular weight is 193 g/mol. The largest absolute Gasteiger partial charge is 0.293 e. The molecule has 0 fully saturated rings. The fraction of sp³-hybridized carbons (Fsp3) is 0.667. The molecule has 0 aliphatic rings. The van der Waals surface area contributed by atoms with Gasteiger partial charge in [-0.3, -0.25) is 4.79 Å². The maximum absolute atomic E-state index is 11.8. The van der Waals surface area contributed by atoms with Gasteiger partial charge in [-0.25, -0.2) is 0 Å². The van der Waals surface area contributed by atoms with Crippen LogP contribution in [0.1, 0.15) is 41.5 Å². The molecule has 78 valence electrons. The van der Waals surface area contributed by atoms with E-state index in [1.54, 1.807) is 6.08 Å². The standard InChI is InChI=1S/C12H19NO/c1-11(2,3)7-9(8-13)10(14)12(4,5)6/h7H,1-6H3/b9-7+. The summed E-state index contributed by atoms with van der Waals surface area (Å²) in [6, 6.07) is 1.98. The SMILES string of the molecule is CC(C)(C)/C=C(\C#N)C(=O)C(C)(C)C. The van der Waals surface area contributed by atoms with Gasteiger partial charge < -0.3 is 0 Å². The smallest absolute Gasteiger partial charge is 0.178 e. The molecule has 0 aliphatic heterocycles. The Morgan fingerprint density at radius 2 is 1.57 bits per heavy atom. The van der Waals surface area contributed by atoms with E-state index in [1.807, 2.05) is 47.6 Å². The fourth-order valence-electron chi connectivity index (χ4n) is 0.986. The molecule has 0 rings (SSSR count). The molecule has 0 unspecified atom stereocenters. The number of allylic oxidation sites excluding steroid dienone is 2. The molecule has 0 amide bonds. The van der Waals surface area contributed by atoms with E-state index in [4.69, 9.17) is 5.26 Å². The summed E-state index contributed by atoms with van der Waals surface area (Å²) in [6.45, 7) is 11.4. The zero-order chi connectivity index (χ0) is 11.6. The second kappa shape index (κ2) is 3.96. The lowest BCUT2D eigenvalue weighted by molar-refractivity contribution is -0.122. The number of ketones is 1. The first-order chi connectivity index (χ1) is 6.08. The number of rotatable bonds is 1. The predicted octanol–water partition coefficient (Wildman–Crippen LogP) is 3.10. The topological polar surface area (TPSA) is 40.9 Å². The maximum atomic E-state index is 11.8. The lowest BCUT2D eigenvalue weighted by atomic mass is 9.83. The second-order valence-corrected chi connectivity index (χ2v) is 5.61. The van der Waals surface area contributed by atoms with E-state index in [1.165, 1.54) is 0 Å². The summed E-state index contributed by atoms with van der Waals surface area (Å²) in [4.78, 5) is 11.8. The van der Waals surface area contributed by atoms with E-state index >= 15 is 0 Å². The highest BCUT2D eigenvalue weighted by Crippen LogP contribution is 2.24. The molecule has 0 heterocycles. The molecule has 0 spiro atoms. The lowest BCUT2D eigenvalue weighted by Gasteiger charge is -2.18. The summed E-state index contributed by atoms with van der Waals surface area (Å²) >= 11 is 0. The van der Waals surface area contributed by atoms with Gasteiger partial charge in [0.2, 0.25) is 0 Å². The lowest BCUT2D eigenvalue weighted by Crippen LogP contribution is -2.22. The van der Waals surface area contributed by atoms with Crippen molar-refractivity contribution in [3.05, 3.63) is 11.6 Å². The van der Waals surface area contributed by atoms with Crippen molar-refractivity contribution in [2.24, 2.45) is 10.8 Å². The van der Waals surface area contributed by atoms with Gasteiger partial charge in [0.25, 0.3) is 0 Å². The van der Waals surface area contributed by atoms with Gasteiger partial charge in [-0.05, 0) is 5.41 Å². The highest BCUT2D eigenvalue weighted by Gasteiger charge is 2.26. The molecule has 0 saturated heterocycles. The molecule has 0 atom stereocenters. The van der Waals surface area contributed by atoms with Crippen LogP contribution in [0.3, 0.4) is 0 Å². The summed E-state index contributed by atoms with van der Waals surface area (Å²) in [6.07, 6.45) is 1.74. The van der Waals surface area contributed by atoms with Crippen molar-refractivity contribution < 1.29 is 4.79 Å². The molecular weight excluding hydrogens is 174 g/mol. The van der Waals surface area contributed by atoms with Crippen molar-refractivity contribution in [1.82, 2.24) is 0 Å². The van der Waals surface area contributed by atoms with Gasteiger partial charge in [0, 0.05) is 5.41 Å². The third kappa shape index (κ3) is 4.23. The molecule has 14 heavy (non-hydrogen) atoms. The van der Waals surface area contributed by atoms with Crippen molar-refractivity contribution in [1.29, 1.82) is 5.26 Å². The summed E-state index contributed by atoms with van der Waals surface area (Å²) in [5.41, 5.74) is -0.344. The van der Waals surface area contributed by atoms with Crippen LogP contribution in [0.5, 0.6) is 0 Å². The molecule has 0 aromatic carbocycles. The Bertz CT molecular complexity index is 292. The first-order valence-electron chi connectivity index (χ1n) is 4.76. The molecule has 0 saturated carbocycles. The number of carbonyl (C=O) groups excluding carboxylic acids is 1. The minimum Gasteiger partial charge on any atom is -0.293 e. The van der Waals surface area contributed by atoms with Crippen LogP contribution in [0, 0.1) is 22.2 Å².